The second kappa shape index (κ2) is 7.92. The van der Waals surface area contributed by atoms with Gasteiger partial charge in [0.15, 0.2) is 11.5 Å². The summed E-state index contributed by atoms with van der Waals surface area (Å²) in [5.74, 6) is 1.59. The average Bonchev–Trinajstić information content (AvgIpc) is 2.72. The largest absolute Gasteiger partial charge is 0.493 e. The molecule has 1 aliphatic heterocycles. The van der Waals surface area contributed by atoms with Gasteiger partial charge in [0.2, 0.25) is 0 Å². The molecule has 2 rings (SSSR count). The fourth-order valence-electron chi connectivity index (χ4n) is 2.34. The topological polar surface area (TPSA) is 42.0 Å². The number of hydrogen-bond donors (Lipinski definition) is 0. The van der Waals surface area contributed by atoms with Gasteiger partial charge in [-0.2, -0.15) is 0 Å². The van der Waals surface area contributed by atoms with E-state index in [0.717, 1.165) is 17.9 Å². The van der Waals surface area contributed by atoms with E-state index in [0.29, 0.717) is 12.1 Å². The Morgan fingerprint density at radius 3 is 1.82 bits per heavy atom. The lowest BCUT2D eigenvalue weighted by atomic mass is 10.1. The molecule has 124 valence electrons. The Morgan fingerprint density at radius 2 is 1.50 bits per heavy atom. The fraction of sp³-hybridized carbons (Fsp3) is 0.588. The number of methoxy groups -OCH3 is 2. The minimum Gasteiger partial charge on any atom is -0.493 e. The number of carbonyl (C=O) groups is 1. The number of aryl methyl sites for hydroxylation is 1. The van der Waals surface area contributed by atoms with Crippen LogP contribution >= 0.6 is 0 Å². The lowest BCUT2D eigenvalue weighted by molar-refractivity contribution is 0.200. The quantitative estimate of drug-likeness (QED) is 0.862. The molecule has 0 aliphatic carbocycles. The molecule has 0 N–H and O–H groups in total. The Bertz CT molecular complexity index is 489. The molecule has 22 heavy (non-hydrogen) atoms. The molecule has 1 fully saturated rings. The van der Waals surface area contributed by atoms with Gasteiger partial charge < -0.3 is 19.3 Å². The summed E-state index contributed by atoms with van der Waals surface area (Å²) in [6.07, 6.45) is 1.01. The van der Waals surface area contributed by atoms with E-state index in [9.17, 15) is 4.79 Å². The number of urea groups is 1. The summed E-state index contributed by atoms with van der Waals surface area (Å²) < 4.78 is 10.3. The van der Waals surface area contributed by atoms with Crippen LogP contribution in [0.5, 0.6) is 11.5 Å². The van der Waals surface area contributed by atoms with Crippen molar-refractivity contribution in [2.24, 2.45) is 0 Å². The second-order valence-electron chi connectivity index (χ2n) is 5.53. The van der Waals surface area contributed by atoms with Crippen LogP contribution in [-0.4, -0.2) is 56.2 Å². The second-order valence-corrected chi connectivity index (χ2v) is 5.53. The first-order valence-corrected chi connectivity index (χ1v) is 7.57. The van der Waals surface area contributed by atoms with Crippen molar-refractivity contribution in [3.05, 3.63) is 23.8 Å². The van der Waals surface area contributed by atoms with Crippen molar-refractivity contribution in [1.29, 1.82) is 0 Å². The van der Waals surface area contributed by atoms with E-state index in [4.69, 9.17) is 9.47 Å². The van der Waals surface area contributed by atoms with Gasteiger partial charge in [-0.25, -0.2) is 4.79 Å². The zero-order valence-electron chi connectivity index (χ0n) is 14.7. The maximum absolute atomic E-state index is 11.2. The molecule has 5 heteroatoms. The first-order valence-electron chi connectivity index (χ1n) is 7.57. The van der Waals surface area contributed by atoms with Crippen molar-refractivity contribution in [3.63, 3.8) is 0 Å². The van der Waals surface area contributed by atoms with Gasteiger partial charge in [-0.3, -0.25) is 0 Å². The number of rotatable bonds is 3. The summed E-state index contributed by atoms with van der Waals surface area (Å²) in [6.45, 7) is 6.24. The van der Waals surface area contributed by atoms with Gasteiger partial charge in [-0.15, -0.1) is 0 Å². The van der Waals surface area contributed by atoms with E-state index in [1.54, 1.807) is 24.0 Å². The van der Waals surface area contributed by atoms with Crippen LogP contribution < -0.4 is 9.47 Å². The number of likely N-dealkylation sites (N-methyl/N-ethyl adjacent to an activating group) is 2. The average molecular weight is 308 g/mol. The molecule has 1 saturated heterocycles. The summed E-state index contributed by atoms with van der Waals surface area (Å²) in [7, 11) is 6.97. The molecule has 1 heterocycles. The van der Waals surface area contributed by atoms with Crippen molar-refractivity contribution >= 4 is 6.03 Å². The summed E-state index contributed by atoms with van der Waals surface area (Å²) >= 11 is 0. The summed E-state index contributed by atoms with van der Waals surface area (Å²) in [4.78, 5) is 14.7. The van der Waals surface area contributed by atoms with Crippen molar-refractivity contribution in [2.45, 2.75) is 39.3 Å². The molecule has 0 bridgehead atoms. The number of carbonyl (C=O) groups excluding carboxylic acids is 1. The molecule has 1 aromatic rings. The van der Waals surface area contributed by atoms with E-state index < -0.39 is 0 Å². The highest BCUT2D eigenvalue weighted by Gasteiger charge is 2.35. The highest BCUT2D eigenvalue weighted by molar-refractivity contribution is 5.77. The fourth-order valence-corrected chi connectivity index (χ4v) is 2.34. The summed E-state index contributed by atoms with van der Waals surface area (Å²) in [5, 5.41) is 0. The van der Waals surface area contributed by atoms with Gasteiger partial charge >= 0.3 is 6.03 Å². The highest BCUT2D eigenvalue weighted by Crippen LogP contribution is 2.27. The Morgan fingerprint density at radius 1 is 1.00 bits per heavy atom. The molecule has 5 nitrogen and oxygen atoms in total. The van der Waals surface area contributed by atoms with E-state index >= 15 is 0 Å². The van der Waals surface area contributed by atoms with Gasteiger partial charge in [0.1, 0.15) is 0 Å². The normalized spacial score (nSPS) is 20.6. The van der Waals surface area contributed by atoms with E-state index in [1.165, 1.54) is 5.56 Å². The van der Waals surface area contributed by atoms with Crippen LogP contribution in [0.2, 0.25) is 0 Å². The number of benzene rings is 1. The van der Waals surface area contributed by atoms with Crippen LogP contribution in [0.1, 0.15) is 26.3 Å². The van der Waals surface area contributed by atoms with Gasteiger partial charge in [0.25, 0.3) is 0 Å². The maximum Gasteiger partial charge on any atom is 0.320 e. The van der Waals surface area contributed by atoms with Crippen molar-refractivity contribution in [2.75, 3.05) is 28.3 Å². The number of ether oxygens (including phenoxy) is 2. The first-order chi connectivity index (χ1) is 10.4. The molecule has 2 unspecified atom stereocenters. The van der Waals surface area contributed by atoms with E-state index in [2.05, 4.69) is 20.8 Å². The zero-order valence-corrected chi connectivity index (χ0v) is 14.7. The lowest BCUT2D eigenvalue weighted by Crippen LogP contribution is -2.29. The van der Waals surface area contributed by atoms with Crippen LogP contribution in [-0.2, 0) is 6.42 Å². The highest BCUT2D eigenvalue weighted by atomic mass is 16.5. The molecule has 1 aliphatic rings. The van der Waals surface area contributed by atoms with Crippen molar-refractivity contribution in [3.8, 4) is 11.5 Å². The zero-order chi connectivity index (χ0) is 16.9. The van der Waals surface area contributed by atoms with Crippen LogP contribution in [0.4, 0.5) is 4.79 Å². The standard InChI is InChI=1S/C10H14O2.C7H14N2O/c1-4-8-5-6-9(11-2)10(7-8)12-3;1-5-6(2)9(4)7(10)8(5)3/h5-7H,4H2,1-3H3;5-6H,1-4H3. The lowest BCUT2D eigenvalue weighted by Gasteiger charge is -2.15. The molecule has 2 atom stereocenters. The third-order valence-electron chi connectivity index (χ3n) is 4.38. The molecular formula is C17H28N2O3. The van der Waals surface area contributed by atoms with Crippen LogP contribution in [0.3, 0.4) is 0 Å². The third kappa shape index (κ3) is 3.84. The van der Waals surface area contributed by atoms with Gasteiger partial charge in [-0.1, -0.05) is 13.0 Å². The number of amides is 2. The molecule has 0 radical (unpaired) electrons. The third-order valence-corrected chi connectivity index (χ3v) is 4.38. The number of hydrogen-bond acceptors (Lipinski definition) is 3. The minimum absolute atomic E-state index is 0.125. The first kappa shape index (κ1) is 18.1. The van der Waals surface area contributed by atoms with Crippen LogP contribution in [0, 0.1) is 0 Å². The smallest absolute Gasteiger partial charge is 0.320 e. The predicted octanol–water partition coefficient (Wildman–Crippen LogP) is 3.03. The van der Waals surface area contributed by atoms with Crippen molar-refractivity contribution in [1.82, 2.24) is 9.80 Å². The van der Waals surface area contributed by atoms with Gasteiger partial charge in [0, 0.05) is 14.1 Å². The minimum atomic E-state index is 0.125. The molecule has 0 saturated carbocycles. The summed E-state index contributed by atoms with van der Waals surface area (Å²) in [5.41, 5.74) is 1.26. The Balaban J connectivity index is 0.000000224. The van der Waals surface area contributed by atoms with E-state index in [1.807, 2.05) is 32.3 Å². The SMILES string of the molecule is CC1C(C)N(C)C(=O)N1C.CCc1ccc(OC)c(OC)c1. The monoisotopic (exact) mass is 308 g/mol. The van der Waals surface area contributed by atoms with Crippen LogP contribution in [0.15, 0.2) is 18.2 Å². The van der Waals surface area contributed by atoms with Crippen molar-refractivity contribution < 1.29 is 14.3 Å². The van der Waals surface area contributed by atoms with Gasteiger partial charge in [-0.05, 0) is 38.0 Å². The van der Waals surface area contributed by atoms with Crippen LogP contribution in [0.25, 0.3) is 0 Å². The maximum atomic E-state index is 11.2. The predicted molar refractivity (Wildman–Crippen MR) is 88.8 cm³/mol. The molecule has 0 aromatic heterocycles. The summed E-state index contributed by atoms with van der Waals surface area (Å²) in [6, 6.07) is 6.78. The Kier molecular flexibility index (Phi) is 6.53. The molecule has 1 aromatic carbocycles. The van der Waals surface area contributed by atoms with Gasteiger partial charge in [0.05, 0.1) is 26.3 Å². The molecular weight excluding hydrogens is 280 g/mol. The number of nitrogens with zero attached hydrogens (tertiary/aromatic N) is 2. The molecule has 2 amide bonds. The molecule has 0 spiro atoms. The Hall–Kier alpha value is -1.91. The van der Waals surface area contributed by atoms with E-state index in [-0.39, 0.29) is 6.03 Å². The Labute approximate surface area is 133 Å².